The van der Waals surface area contributed by atoms with Gasteiger partial charge in [-0.2, -0.15) is 0 Å². The summed E-state index contributed by atoms with van der Waals surface area (Å²) in [5, 5.41) is 32.1. The quantitative estimate of drug-likeness (QED) is 0.368. The van der Waals surface area contributed by atoms with Gasteiger partial charge in [0.25, 0.3) is 0 Å². The van der Waals surface area contributed by atoms with Gasteiger partial charge in [-0.1, -0.05) is 86.7 Å². The Balaban J connectivity index is 1.31. The van der Waals surface area contributed by atoms with Gasteiger partial charge in [0.05, 0.1) is 0 Å². The van der Waals surface area contributed by atoms with Gasteiger partial charge in [-0.05, 0) is 40.5 Å². The first-order valence-corrected chi connectivity index (χ1v) is 12.7. The summed E-state index contributed by atoms with van der Waals surface area (Å²) < 4.78 is 2.01. The molecular formula is C32H28N2O2-2. The Morgan fingerprint density at radius 2 is 1.28 bits per heavy atom. The molecule has 0 amide bonds. The van der Waals surface area contributed by atoms with E-state index in [1.54, 1.807) is 0 Å². The largest absolute Gasteiger partial charge is 0.850 e. The Kier molecular flexibility index (Phi) is 4.48. The molecule has 2 heterocycles. The second-order valence-corrected chi connectivity index (χ2v) is 10.8. The van der Waals surface area contributed by atoms with Crippen LogP contribution in [-0.2, 0) is 5.41 Å². The van der Waals surface area contributed by atoms with E-state index >= 15 is 0 Å². The molecule has 2 unspecified atom stereocenters. The molecule has 1 fully saturated rings. The van der Waals surface area contributed by atoms with Crippen molar-refractivity contribution in [3.05, 3.63) is 102 Å². The van der Waals surface area contributed by atoms with Crippen LogP contribution in [0, 0.1) is 5.92 Å². The highest BCUT2D eigenvalue weighted by atomic mass is 16.3. The van der Waals surface area contributed by atoms with Gasteiger partial charge in [-0.15, -0.1) is 12.2 Å². The average Bonchev–Trinajstić information content (AvgIpc) is 3.31. The number of para-hydroxylation sites is 2. The lowest BCUT2D eigenvalue weighted by Gasteiger charge is -2.61. The summed E-state index contributed by atoms with van der Waals surface area (Å²) in [7, 11) is 2.05. The van der Waals surface area contributed by atoms with E-state index in [1.807, 2.05) is 47.0 Å². The molecule has 0 spiro atoms. The maximum absolute atomic E-state index is 13.7. The highest BCUT2D eigenvalue weighted by Crippen LogP contribution is 2.52. The lowest BCUT2D eigenvalue weighted by molar-refractivity contribution is -0.550. The van der Waals surface area contributed by atoms with Gasteiger partial charge in [0.2, 0.25) is 0 Å². The Morgan fingerprint density at radius 1 is 0.722 bits per heavy atom. The van der Waals surface area contributed by atoms with Crippen LogP contribution in [0.25, 0.3) is 32.6 Å². The van der Waals surface area contributed by atoms with Crippen LogP contribution in [0.15, 0.2) is 96.7 Å². The molecule has 0 radical (unpaired) electrons. The molecule has 4 aromatic carbocycles. The minimum Gasteiger partial charge on any atom is -0.850 e. The molecule has 2 aliphatic rings. The first kappa shape index (κ1) is 21.7. The number of anilines is 1. The fourth-order valence-electron chi connectivity index (χ4n) is 6.82. The highest BCUT2D eigenvalue weighted by Gasteiger charge is 2.43. The Labute approximate surface area is 210 Å². The van der Waals surface area contributed by atoms with Crippen LogP contribution in [0.2, 0.25) is 0 Å². The fourth-order valence-corrected chi connectivity index (χ4v) is 6.82. The zero-order chi connectivity index (χ0) is 24.8. The maximum Gasteiger partial charge on any atom is 0.0493 e. The predicted molar refractivity (Wildman–Crippen MR) is 143 cm³/mol. The molecule has 180 valence electrons. The van der Waals surface area contributed by atoms with Gasteiger partial charge in [0, 0.05) is 51.7 Å². The van der Waals surface area contributed by atoms with Crippen LogP contribution in [0.3, 0.4) is 0 Å². The van der Waals surface area contributed by atoms with Crippen molar-refractivity contribution in [2.45, 2.75) is 37.5 Å². The minimum atomic E-state index is -0.996. The van der Waals surface area contributed by atoms with E-state index in [2.05, 4.69) is 74.3 Å². The predicted octanol–water partition coefficient (Wildman–Crippen LogP) is 4.89. The van der Waals surface area contributed by atoms with Crippen molar-refractivity contribution >= 4 is 38.3 Å². The number of hydrogen-bond donors (Lipinski definition) is 0. The smallest absolute Gasteiger partial charge is 0.0493 e. The number of fused-ring (bicyclic) bond motifs is 6. The first-order valence-electron chi connectivity index (χ1n) is 12.7. The van der Waals surface area contributed by atoms with Crippen molar-refractivity contribution in [3.63, 3.8) is 0 Å². The normalized spacial score (nSPS) is 26.1. The van der Waals surface area contributed by atoms with Gasteiger partial charge in [-0.25, -0.2) is 0 Å². The number of aromatic nitrogens is 1. The van der Waals surface area contributed by atoms with Gasteiger partial charge in [-0.3, -0.25) is 0 Å². The van der Waals surface area contributed by atoms with Crippen molar-refractivity contribution in [1.82, 2.24) is 4.57 Å². The van der Waals surface area contributed by atoms with Crippen LogP contribution in [0.4, 0.5) is 5.69 Å². The molecule has 0 saturated heterocycles. The highest BCUT2D eigenvalue weighted by molar-refractivity contribution is 6.08. The summed E-state index contributed by atoms with van der Waals surface area (Å²) in [6.07, 6.45) is 0.00170. The molecule has 1 aliphatic carbocycles. The molecule has 1 saturated carbocycles. The van der Waals surface area contributed by atoms with E-state index in [4.69, 9.17) is 0 Å². The van der Waals surface area contributed by atoms with E-state index in [1.165, 1.54) is 16.3 Å². The van der Waals surface area contributed by atoms with E-state index in [0.29, 0.717) is 0 Å². The SMILES string of the molecule is CN1C(=CC2C([O-])C(n3c4ccccc4c4ccccc43)C2[O-])C(C)(C)c2c1ccc1ccccc21. The third-order valence-electron chi connectivity index (χ3n) is 8.59. The topological polar surface area (TPSA) is 54.3 Å². The fraction of sp³-hybridized carbons (Fsp3) is 0.250. The van der Waals surface area contributed by atoms with Crippen molar-refractivity contribution < 1.29 is 10.2 Å². The first-order chi connectivity index (χ1) is 17.4. The summed E-state index contributed by atoms with van der Waals surface area (Å²) in [5.41, 5.74) is 5.08. The Morgan fingerprint density at radius 3 is 1.92 bits per heavy atom. The third kappa shape index (κ3) is 2.71. The molecule has 0 N–H and O–H groups in total. The second kappa shape index (κ2) is 7.45. The number of nitrogens with zero attached hydrogens (tertiary/aromatic N) is 2. The standard InChI is InChI=1S/C32H28N2O2/c1-32(2)27(33(3)26-17-16-19-10-4-5-11-20(19)28(26)32)18-23-30(35)29(31(23)36)34-24-14-8-6-12-21(24)22-13-7-9-15-25(22)34/h4-18,23,29-31H,1-3H3/q-2. The molecule has 2 atom stereocenters. The van der Waals surface area contributed by atoms with Gasteiger partial charge in [0.1, 0.15) is 0 Å². The Bertz CT molecular complexity index is 1630. The number of rotatable bonds is 2. The number of benzene rings is 4. The molecule has 4 nitrogen and oxygen atoms in total. The van der Waals surface area contributed by atoms with Crippen LogP contribution in [-0.4, -0.2) is 23.8 Å². The van der Waals surface area contributed by atoms with Crippen LogP contribution in [0.1, 0.15) is 25.5 Å². The molecule has 4 heteroatoms. The molecular weight excluding hydrogens is 444 g/mol. The minimum absolute atomic E-state index is 0.303. The van der Waals surface area contributed by atoms with Gasteiger partial charge in [0.15, 0.2) is 0 Å². The second-order valence-electron chi connectivity index (χ2n) is 10.8. The summed E-state index contributed by atoms with van der Waals surface area (Å²) in [5.74, 6) is -0.563. The van der Waals surface area contributed by atoms with Crippen LogP contribution >= 0.6 is 0 Å². The number of hydrogen-bond acceptors (Lipinski definition) is 3. The monoisotopic (exact) mass is 472 g/mol. The summed E-state index contributed by atoms with van der Waals surface area (Å²) in [6.45, 7) is 4.41. The molecule has 1 aliphatic heterocycles. The summed E-state index contributed by atoms with van der Waals surface area (Å²) >= 11 is 0. The molecule has 36 heavy (non-hydrogen) atoms. The molecule has 7 rings (SSSR count). The molecule has 1 aromatic heterocycles. The van der Waals surface area contributed by atoms with Crippen LogP contribution < -0.4 is 15.1 Å². The van der Waals surface area contributed by atoms with Crippen molar-refractivity contribution in [2.75, 3.05) is 11.9 Å². The third-order valence-corrected chi connectivity index (χ3v) is 8.59. The summed E-state index contributed by atoms with van der Waals surface area (Å²) in [4.78, 5) is 2.18. The van der Waals surface area contributed by atoms with Gasteiger partial charge >= 0.3 is 0 Å². The van der Waals surface area contributed by atoms with E-state index < -0.39 is 24.2 Å². The Hall–Kier alpha value is -3.60. The lowest BCUT2D eigenvalue weighted by Crippen LogP contribution is -2.66. The summed E-state index contributed by atoms with van der Waals surface area (Å²) in [6, 6.07) is 28.3. The van der Waals surface area contributed by atoms with E-state index in [0.717, 1.165) is 33.2 Å². The van der Waals surface area contributed by atoms with E-state index in [-0.39, 0.29) is 5.41 Å². The van der Waals surface area contributed by atoms with Crippen molar-refractivity contribution in [2.24, 2.45) is 5.92 Å². The lowest BCUT2D eigenvalue weighted by atomic mass is 9.71. The number of allylic oxidation sites excluding steroid dienone is 1. The van der Waals surface area contributed by atoms with E-state index in [9.17, 15) is 10.2 Å². The van der Waals surface area contributed by atoms with Crippen molar-refractivity contribution in [1.29, 1.82) is 0 Å². The number of likely N-dealkylation sites (N-methyl/N-ethyl adjacent to an activating group) is 1. The average molecular weight is 473 g/mol. The zero-order valence-corrected chi connectivity index (χ0v) is 20.7. The molecule has 5 aromatic rings. The van der Waals surface area contributed by atoms with Gasteiger partial charge < -0.3 is 19.7 Å². The van der Waals surface area contributed by atoms with Crippen molar-refractivity contribution in [3.8, 4) is 0 Å². The molecule has 0 bridgehead atoms. The zero-order valence-electron chi connectivity index (χ0n) is 20.7. The maximum atomic E-state index is 13.7. The van der Waals surface area contributed by atoms with Crippen LogP contribution in [0.5, 0.6) is 0 Å².